The summed E-state index contributed by atoms with van der Waals surface area (Å²) in [4.78, 5) is 4.92. The molecular weight excluding hydrogens is 222 g/mol. The molecule has 1 aliphatic heterocycles. The van der Waals surface area contributed by atoms with Crippen molar-refractivity contribution < 1.29 is 0 Å². The van der Waals surface area contributed by atoms with Crippen LogP contribution in [0.4, 0.5) is 0 Å². The van der Waals surface area contributed by atoms with Crippen molar-refractivity contribution in [3.8, 4) is 0 Å². The summed E-state index contributed by atoms with van der Waals surface area (Å²) in [6.45, 7) is 8.43. The van der Waals surface area contributed by atoms with Crippen molar-refractivity contribution in [2.75, 3.05) is 33.2 Å². The number of fused-ring (bicyclic) bond motifs is 1. The normalized spacial score (nSPS) is 24.3. The molecule has 18 heavy (non-hydrogen) atoms. The van der Waals surface area contributed by atoms with Gasteiger partial charge in [-0.15, -0.1) is 0 Å². The van der Waals surface area contributed by atoms with Crippen molar-refractivity contribution in [1.82, 2.24) is 9.80 Å². The van der Waals surface area contributed by atoms with Gasteiger partial charge in [0.05, 0.1) is 0 Å². The van der Waals surface area contributed by atoms with Crippen LogP contribution in [0, 0.1) is 0 Å². The fourth-order valence-corrected chi connectivity index (χ4v) is 3.14. The molecule has 0 aromatic heterocycles. The number of nitrogens with zero attached hydrogens (tertiary/aromatic N) is 2. The third kappa shape index (κ3) is 2.30. The molecule has 0 saturated heterocycles. The fraction of sp³-hybridized carbons (Fsp3) is 0.600. The van der Waals surface area contributed by atoms with E-state index in [9.17, 15) is 0 Å². The van der Waals surface area contributed by atoms with Gasteiger partial charge >= 0.3 is 0 Å². The average Bonchev–Trinajstić information content (AvgIpc) is 2.40. The minimum atomic E-state index is 0.369. The van der Waals surface area contributed by atoms with Gasteiger partial charge in [-0.05, 0) is 31.3 Å². The van der Waals surface area contributed by atoms with E-state index in [4.69, 9.17) is 5.73 Å². The Morgan fingerprint density at radius 3 is 2.39 bits per heavy atom. The first-order valence-electron chi connectivity index (χ1n) is 6.96. The largest absolute Gasteiger partial charge is 0.329 e. The molecule has 0 aliphatic carbocycles. The summed E-state index contributed by atoms with van der Waals surface area (Å²) in [6.07, 6.45) is 0. The lowest BCUT2D eigenvalue weighted by atomic mass is 9.89. The second-order valence-corrected chi connectivity index (χ2v) is 5.06. The van der Waals surface area contributed by atoms with E-state index in [0.717, 1.165) is 19.6 Å². The molecule has 1 aromatic rings. The Morgan fingerprint density at radius 2 is 1.83 bits per heavy atom. The van der Waals surface area contributed by atoms with E-state index in [-0.39, 0.29) is 0 Å². The number of hydrogen-bond acceptors (Lipinski definition) is 3. The maximum absolute atomic E-state index is 5.94. The lowest BCUT2D eigenvalue weighted by Crippen LogP contribution is -2.44. The van der Waals surface area contributed by atoms with Crippen molar-refractivity contribution >= 4 is 0 Å². The van der Waals surface area contributed by atoms with Gasteiger partial charge < -0.3 is 5.73 Å². The lowest BCUT2D eigenvalue weighted by molar-refractivity contribution is 0.120. The fourth-order valence-electron chi connectivity index (χ4n) is 3.14. The molecular formula is C15H25N3. The third-order valence-corrected chi connectivity index (χ3v) is 4.18. The summed E-state index contributed by atoms with van der Waals surface area (Å²) in [5.41, 5.74) is 8.82. The van der Waals surface area contributed by atoms with Crippen molar-refractivity contribution in [3.63, 3.8) is 0 Å². The summed E-state index contributed by atoms with van der Waals surface area (Å²) in [7, 11) is 2.18. The second kappa shape index (κ2) is 5.83. The molecule has 0 bridgehead atoms. The number of nitrogens with two attached hydrogens (primary N) is 1. The molecule has 0 fully saturated rings. The van der Waals surface area contributed by atoms with Crippen LogP contribution in [0.2, 0.25) is 0 Å². The molecule has 2 rings (SSSR count). The smallest absolute Gasteiger partial charge is 0.0478 e. The Labute approximate surface area is 111 Å². The topological polar surface area (TPSA) is 32.5 Å². The number of benzene rings is 1. The Kier molecular flexibility index (Phi) is 4.38. The third-order valence-electron chi connectivity index (χ3n) is 4.18. The minimum Gasteiger partial charge on any atom is -0.329 e. The van der Waals surface area contributed by atoms with E-state index in [0.29, 0.717) is 18.6 Å². The maximum Gasteiger partial charge on any atom is 0.0478 e. The highest BCUT2D eigenvalue weighted by atomic mass is 15.2. The van der Waals surface area contributed by atoms with Gasteiger partial charge in [-0.1, -0.05) is 38.1 Å². The highest BCUT2D eigenvalue weighted by molar-refractivity contribution is 5.35. The molecule has 1 aliphatic rings. The summed E-state index contributed by atoms with van der Waals surface area (Å²) < 4.78 is 0. The molecule has 1 aromatic carbocycles. The summed E-state index contributed by atoms with van der Waals surface area (Å²) in [6, 6.07) is 9.65. The van der Waals surface area contributed by atoms with E-state index >= 15 is 0 Å². The van der Waals surface area contributed by atoms with Gasteiger partial charge in [-0.3, -0.25) is 9.80 Å². The van der Waals surface area contributed by atoms with Crippen LogP contribution in [0.5, 0.6) is 0 Å². The van der Waals surface area contributed by atoms with Crippen LogP contribution in [0.15, 0.2) is 24.3 Å². The monoisotopic (exact) mass is 247 g/mol. The zero-order chi connectivity index (χ0) is 13.1. The highest BCUT2D eigenvalue weighted by Gasteiger charge is 2.32. The summed E-state index contributed by atoms with van der Waals surface area (Å²) in [5.74, 6) is 0. The minimum absolute atomic E-state index is 0.369. The molecule has 3 heteroatoms. The number of likely N-dealkylation sites (N-methyl/N-ethyl adjacent to an activating group) is 2. The maximum atomic E-state index is 5.94. The van der Waals surface area contributed by atoms with E-state index < -0.39 is 0 Å². The van der Waals surface area contributed by atoms with Gasteiger partial charge in [0.15, 0.2) is 0 Å². The zero-order valence-electron chi connectivity index (χ0n) is 11.8. The molecule has 0 amide bonds. The molecule has 0 saturated carbocycles. The van der Waals surface area contributed by atoms with Crippen LogP contribution < -0.4 is 5.73 Å². The predicted molar refractivity (Wildman–Crippen MR) is 76.5 cm³/mol. The lowest BCUT2D eigenvalue weighted by Gasteiger charge is -2.42. The molecule has 0 spiro atoms. The van der Waals surface area contributed by atoms with Gasteiger partial charge in [-0.2, -0.15) is 0 Å². The molecule has 1 heterocycles. The van der Waals surface area contributed by atoms with Gasteiger partial charge in [0.1, 0.15) is 0 Å². The molecule has 0 radical (unpaired) electrons. The summed E-state index contributed by atoms with van der Waals surface area (Å²) in [5, 5.41) is 0. The van der Waals surface area contributed by atoms with Crippen molar-refractivity contribution in [1.29, 1.82) is 0 Å². The Balaban J connectivity index is 2.40. The van der Waals surface area contributed by atoms with Crippen molar-refractivity contribution in [2.24, 2.45) is 5.73 Å². The molecule has 2 unspecified atom stereocenters. The van der Waals surface area contributed by atoms with Gasteiger partial charge in [0.2, 0.25) is 0 Å². The van der Waals surface area contributed by atoms with E-state index in [1.54, 1.807) is 0 Å². The predicted octanol–water partition coefficient (Wildman–Crippen LogP) is 2.01. The van der Waals surface area contributed by atoms with Crippen molar-refractivity contribution in [2.45, 2.75) is 25.9 Å². The van der Waals surface area contributed by atoms with E-state index in [1.165, 1.54) is 11.1 Å². The number of hydrogen-bond donors (Lipinski definition) is 1. The Bertz CT molecular complexity index is 387. The van der Waals surface area contributed by atoms with Gasteiger partial charge in [0, 0.05) is 25.2 Å². The average molecular weight is 247 g/mol. The van der Waals surface area contributed by atoms with Crippen LogP contribution in [0.3, 0.4) is 0 Å². The Hall–Kier alpha value is -0.900. The molecule has 100 valence electrons. The Morgan fingerprint density at radius 1 is 1.22 bits per heavy atom. The van der Waals surface area contributed by atoms with Crippen LogP contribution in [-0.4, -0.2) is 43.0 Å². The van der Waals surface area contributed by atoms with Crippen LogP contribution in [0.25, 0.3) is 0 Å². The first kappa shape index (κ1) is 13.5. The van der Waals surface area contributed by atoms with Crippen LogP contribution in [0.1, 0.15) is 37.1 Å². The molecule has 3 nitrogen and oxygen atoms in total. The first-order chi connectivity index (χ1) is 8.72. The standard InChI is InChI=1S/C15H25N3/c1-4-18(5-2)15-11-17(3)14(10-16)12-8-6-7-9-13(12)15/h6-9,14-15H,4-5,10-11,16H2,1-3H3. The molecule has 2 N–H and O–H groups in total. The second-order valence-electron chi connectivity index (χ2n) is 5.06. The quantitative estimate of drug-likeness (QED) is 0.883. The van der Waals surface area contributed by atoms with Gasteiger partial charge in [-0.25, -0.2) is 0 Å². The zero-order valence-corrected chi connectivity index (χ0v) is 11.8. The number of rotatable bonds is 4. The van der Waals surface area contributed by atoms with E-state index in [1.807, 2.05) is 0 Å². The first-order valence-corrected chi connectivity index (χ1v) is 6.96. The summed E-state index contributed by atoms with van der Waals surface area (Å²) >= 11 is 0. The van der Waals surface area contributed by atoms with Crippen LogP contribution in [-0.2, 0) is 0 Å². The van der Waals surface area contributed by atoms with Gasteiger partial charge in [0.25, 0.3) is 0 Å². The van der Waals surface area contributed by atoms with Crippen molar-refractivity contribution in [3.05, 3.63) is 35.4 Å². The van der Waals surface area contributed by atoms with Crippen LogP contribution >= 0.6 is 0 Å². The SMILES string of the molecule is CCN(CC)C1CN(C)C(CN)c2ccccc21. The molecule has 2 atom stereocenters. The van der Waals surface area contributed by atoms with E-state index in [2.05, 4.69) is 55.0 Å². The highest BCUT2D eigenvalue weighted by Crippen LogP contribution is 2.36.